The fourth-order valence-corrected chi connectivity index (χ4v) is 4.20. The molecular weight excluding hydrogens is 459 g/mol. The average molecular weight is 489 g/mol. The molecule has 0 aliphatic heterocycles. The monoisotopic (exact) mass is 488 g/mol. The summed E-state index contributed by atoms with van der Waals surface area (Å²) in [4.78, 5) is 19.9. The summed E-state index contributed by atoms with van der Waals surface area (Å²) in [6, 6.07) is 4.29. The third kappa shape index (κ3) is 5.51. The lowest BCUT2D eigenvalue weighted by atomic mass is 9.79. The highest BCUT2D eigenvalue weighted by atomic mass is 19.4. The minimum absolute atomic E-state index is 0.0817. The summed E-state index contributed by atoms with van der Waals surface area (Å²) in [6.07, 6.45) is -3.04. The van der Waals surface area contributed by atoms with Gasteiger partial charge in [0.15, 0.2) is 5.60 Å². The second-order valence-electron chi connectivity index (χ2n) is 10.0. The van der Waals surface area contributed by atoms with Crippen molar-refractivity contribution in [3.63, 3.8) is 0 Å². The predicted molar refractivity (Wildman–Crippen MR) is 115 cm³/mol. The van der Waals surface area contributed by atoms with Gasteiger partial charge in [0.1, 0.15) is 5.82 Å². The Balaban J connectivity index is 1.42. The van der Waals surface area contributed by atoms with Crippen molar-refractivity contribution in [2.75, 3.05) is 6.61 Å². The molecular formula is C23H29F5N4O2. The first kappa shape index (κ1) is 24.8. The van der Waals surface area contributed by atoms with E-state index in [1.165, 1.54) is 0 Å². The highest BCUT2D eigenvalue weighted by Crippen LogP contribution is 2.45. The van der Waals surface area contributed by atoms with E-state index in [-0.39, 0.29) is 49.7 Å². The second-order valence-corrected chi connectivity index (χ2v) is 10.0. The number of halogens is 5. The summed E-state index contributed by atoms with van der Waals surface area (Å²) in [6.45, 7) is 1.50. The molecule has 1 aromatic carbocycles. The zero-order valence-corrected chi connectivity index (χ0v) is 19.0. The molecule has 2 atom stereocenters. The second kappa shape index (κ2) is 8.75. The largest absolute Gasteiger partial charge is 0.416 e. The van der Waals surface area contributed by atoms with Gasteiger partial charge >= 0.3 is 6.18 Å². The molecule has 2 aliphatic rings. The van der Waals surface area contributed by atoms with Gasteiger partial charge in [0.2, 0.25) is 11.8 Å². The zero-order chi connectivity index (χ0) is 24.9. The molecule has 6 nitrogen and oxygen atoms in total. The number of aromatic nitrogens is 2. The maximum Gasteiger partial charge on any atom is 0.416 e. The lowest BCUT2D eigenvalue weighted by molar-refractivity contribution is -0.264. The number of nitrogens with zero attached hydrogens (tertiary/aromatic N) is 1. The van der Waals surface area contributed by atoms with Crippen molar-refractivity contribution in [3.05, 3.63) is 29.6 Å². The Bertz CT molecular complexity index is 1040. The average Bonchev–Trinajstić information content (AvgIpc) is 3.45. The van der Waals surface area contributed by atoms with Gasteiger partial charge in [0, 0.05) is 19.3 Å². The quantitative estimate of drug-likeness (QED) is 0.437. The molecule has 2 aromatic rings. The van der Waals surface area contributed by atoms with Crippen LogP contribution in [0.5, 0.6) is 0 Å². The molecule has 188 valence electrons. The summed E-state index contributed by atoms with van der Waals surface area (Å²) in [5.41, 5.74) is 5.75. The summed E-state index contributed by atoms with van der Waals surface area (Å²) in [5.74, 6) is -2.62. The number of amides is 1. The van der Waals surface area contributed by atoms with Gasteiger partial charge in [-0.2, -0.15) is 13.2 Å². The lowest BCUT2D eigenvalue weighted by Gasteiger charge is -2.34. The Hall–Kier alpha value is -2.27. The van der Waals surface area contributed by atoms with Crippen molar-refractivity contribution in [2.45, 2.75) is 75.7 Å². The van der Waals surface area contributed by atoms with Crippen molar-refractivity contribution in [1.29, 1.82) is 0 Å². The van der Waals surface area contributed by atoms with Crippen LogP contribution in [0.15, 0.2) is 18.2 Å². The number of rotatable bonds is 9. The number of nitrogens with one attached hydrogen (secondary N) is 2. The molecule has 0 spiro atoms. The number of alkyl halides is 5. The Morgan fingerprint density at radius 1 is 1.29 bits per heavy atom. The van der Waals surface area contributed by atoms with Gasteiger partial charge in [-0.3, -0.25) is 4.79 Å². The highest BCUT2D eigenvalue weighted by Gasteiger charge is 2.49. The van der Waals surface area contributed by atoms with E-state index in [2.05, 4.69) is 15.3 Å². The van der Waals surface area contributed by atoms with E-state index in [1.807, 2.05) is 12.1 Å². The molecule has 0 bridgehead atoms. The fourth-order valence-electron chi connectivity index (χ4n) is 4.20. The topological polar surface area (TPSA) is 93.0 Å². The molecule has 34 heavy (non-hydrogen) atoms. The van der Waals surface area contributed by atoms with Gasteiger partial charge in [-0.15, -0.1) is 0 Å². The molecule has 0 saturated heterocycles. The maximum atomic E-state index is 13.1. The molecule has 1 aromatic heterocycles. The minimum Gasteiger partial charge on any atom is -0.364 e. The van der Waals surface area contributed by atoms with Gasteiger partial charge in [0.05, 0.1) is 29.7 Å². The first-order valence-corrected chi connectivity index (χ1v) is 11.4. The van der Waals surface area contributed by atoms with Crippen LogP contribution in [0.25, 0.3) is 11.0 Å². The summed E-state index contributed by atoms with van der Waals surface area (Å²) < 4.78 is 70.2. The number of aromatic amines is 1. The zero-order valence-electron chi connectivity index (χ0n) is 19.0. The molecule has 2 saturated carbocycles. The first-order valence-electron chi connectivity index (χ1n) is 11.4. The minimum atomic E-state index is -4.53. The molecule has 2 fully saturated rings. The van der Waals surface area contributed by atoms with E-state index in [4.69, 9.17) is 10.5 Å². The number of carbonyl (C=O) groups excluding carboxylic acids is 1. The van der Waals surface area contributed by atoms with E-state index >= 15 is 0 Å². The Kier molecular flexibility index (Phi) is 6.39. The van der Waals surface area contributed by atoms with Crippen LogP contribution in [0.2, 0.25) is 0 Å². The number of imidazole rings is 1. The fraction of sp³-hybridized carbons (Fsp3) is 0.652. The van der Waals surface area contributed by atoms with Crippen LogP contribution in [-0.2, 0) is 9.53 Å². The van der Waals surface area contributed by atoms with Gasteiger partial charge in [-0.1, -0.05) is 6.07 Å². The maximum absolute atomic E-state index is 13.1. The Labute approximate surface area is 193 Å². The van der Waals surface area contributed by atoms with Crippen LogP contribution < -0.4 is 11.1 Å². The van der Waals surface area contributed by atoms with Crippen molar-refractivity contribution in [3.8, 4) is 0 Å². The van der Waals surface area contributed by atoms with E-state index in [0.29, 0.717) is 16.9 Å². The van der Waals surface area contributed by atoms with Crippen molar-refractivity contribution in [2.24, 2.45) is 17.6 Å². The van der Waals surface area contributed by atoms with E-state index in [0.717, 1.165) is 32.3 Å². The molecule has 4 N–H and O–H groups in total. The molecule has 1 amide bonds. The van der Waals surface area contributed by atoms with Crippen LogP contribution in [0.3, 0.4) is 0 Å². The van der Waals surface area contributed by atoms with Crippen molar-refractivity contribution >= 4 is 16.9 Å². The molecule has 2 aliphatic carbocycles. The summed E-state index contributed by atoms with van der Waals surface area (Å²) in [7, 11) is 0. The van der Waals surface area contributed by atoms with Crippen molar-refractivity contribution < 1.29 is 31.5 Å². The Morgan fingerprint density at radius 3 is 2.56 bits per heavy atom. The number of ether oxygens (including phenoxy) is 1. The first-order chi connectivity index (χ1) is 15.7. The third-order valence-corrected chi connectivity index (χ3v) is 6.60. The molecule has 11 heteroatoms. The van der Waals surface area contributed by atoms with E-state index < -0.39 is 23.7 Å². The van der Waals surface area contributed by atoms with Crippen LogP contribution >= 0.6 is 0 Å². The SMILES string of the molecule is CC(C)(OC[C@@H](N)c1nc2ccc([C@H](NC(=O)CC3CC(F)(F)C3)C3CC3)cc2[nH]1)C(F)(F)F. The standard InChI is InChI=1S/C23H29F5N4O2/c1-21(2,23(26,27)28)34-11-15(29)20-30-16-6-5-14(8-17(16)31-20)19(13-3-4-13)32-18(33)7-12-9-22(24,25)10-12/h5-6,8,12-13,15,19H,3-4,7,9-11,29H2,1-2H3,(H,30,31)(H,32,33)/t15-,19-/m1/s1. The number of hydrogen-bond donors (Lipinski definition) is 3. The highest BCUT2D eigenvalue weighted by molar-refractivity contribution is 5.78. The lowest BCUT2D eigenvalue weighted by Crippen LogP contribution is -2.43. The normalized spacial score (nSPS) is 20.7. The molecule has 0 unspecified atom stereocenters. The van der Waals surface area contributed by atoms with Crippen molar-refractivity contribution in [1.82, 2.24) is 15.3 Å². The van der Waals surface area contributed by atoms with Gasteiger partial charge in [-0.05, 0) is 56.2 Å². The molecule has 1 heterocycles. The smallest absolute Gasteiger partial charge is 0.364 e. The molecule has 0 radical (unpaired) electrons. The predicted octanol–water partition coefficient (Wildman–Crippen LogP) is 4.92. The number of H-pyrrole nitrogens is 1. The van der Waals surface area contributed by atoms with E-state index in [9.17, 15) is 26.7 Å². The number of fused-ring (bicyclic) bond motifs is 1. The summed E-state index contributed by atoms with van der Waals surface area (Å²) >= 11 is 0. The van der Waals surface area contributed by atoms with Crippen LogP contribution in [0, 0.1) is 11.8 Å². The molecule has 4 rings (SSSR count). The van der Waals surface area contributed by atoms with Crippen LogP contribution in [0.4, 0.5) is 22.0 Å². The summed E-state index contributed by atoms with van der Waals surface area (Å²) in [5, 5.41) is 3.00. The van der Waals surface area contributed by atoms with Crippen LogP contribution in [-0.4, -0.2) is 40.2 Å². The van der Waals surface area contributed by atoms with E-state index in [1.54, 1.807) is 6.07 Å². The number of carbonyl (C=O) groups is 1. The number of benzene rings is 1. The van der Waals surface area contributed by atoms with Gasteiger partial charge < -0.3 is 20.8 Å². The Morgan fingerprint density at radius 2 is 1.97 bits per heavy atom. The number of hydrogen-bond acceptors (Lipinski definition) is 4. The van der Waals surface area contributed by atoms with Gasteiger partial charge in [0.25, 0.3) is 0 Å². The van der Waals surface area contributed by atoms with Crippen LogP contribution in [0.1, 0.15) is 69.4 Å². The number of nitrogens with two attached hydrogens (primary N) is 1. The van der Waals surface area contributed by atoms with Gasteiger partial charge in [-0.25, -0.2) is 13.8 Å². The third-order valence-electron chi connectivity index (χ3n) is 6.60.